The monoisotopic (exact) mass is 298 g/mol. The molecule has 1 amide bonds. The number of hydrogen-bond acceptors (Lipinski definition) is 2. The van der Waals surface area contributed by atoms with E-state index in [-0.39, 0.29) is 22.4 Å². The average molecular weight is 299 g/mol. The van der Waals surface area contributed by atoms with Gasteiger partial charge in [-0.1, -0.05) is 23.2 Å². The second-order valence-electron chi connectivity index (χ2n) is 3.92. The van der Waals surface area contributed by atoms with Gasteiger partial charge in [0.05, 0.1) is 10.7 Å². The Morgan fingerprint density at radius 1 is 1.42 bits per heavy atom. The van der Waals surface area contributed by atoms with Crippen LogP contribution in [0.5, 0.6) is 5.75 Å². The van der Waals surface area contributed by atoms with E-state index >= 15 is 0 Å². The standard InChI is InChI=1S/C13H12Cl2N2O2/c1-2-17-5-3-4-11(17)13(19)16-10-7-8(14)6-9(15)12(10)18/h3-7,18H,2H2,1H3,(H,16,19). The van der Waals surface area contributed by atoms with Gasteiger partial charge in [-0.3, -0.25) is 4.79 Å². The highest BCUT2D eigenvalue weighted by atomic mass is 35.5. The summed E-state index contributed by atoms with van der Waals surface area (Å²) in [7, 11) is 0. The zero-order chi connectivity index (χ0) is 14.0. The van der Waals surface area contributed by atoms with Crippen molar-refractivity contribution < 1.29 is 9.90 Å². The van der Waals surface area contributed by atoms with Gasteiger partial charge in [0.15, 0.2) is 5.75 Å². The molecule has 0 aliphatic rings. The van der Waals surface area contributed by atoms with Crippen LogP contribution in [-0.4, -0.2) is 15.6 Å². The number of anilines is 1. The minimum atomic E-state index is -0.333. The summed E-state index contributed by atoms with van der Waals surface area (Å²) in [4.78, 5) is 12.1. The van der Waals surface area contributed by atoms with Crippen molar-refractivity contribution >= 4 is 34.8 Å². The number of rotatable bonds is 3. The highest BCUT2D eigenvalue weighted by molar-refractivity contribution is 6.36. The minimum absolute atomic E-state index is 0.0914. The Kier molecular flexibility index (Phi) is 4.02. The average Bonchev–Trinajstić information content (AvgIpc) is 2.83. The summed E-state index contributed by atoms with van der Waals surface area (Å²) < 4.78 is 1.79. The molecule has 0 aliphatic heterocycles. The number of phenolic OH excluding ortho intramolecular Hbond substituents is 1. The van der Waals surface area contributed by atoms with E-state index in [0.29, 0.717) is 17.3 Å². The van der Waals surface area contributed by atoms with Crippen molar-refractivity contribution in [3.63, 3.8) is 0 Å². The fraction of sp³-hybridized carbons (Fsp3) is 0.154. The number of amides is 1. The number of carbonyl (C=O) groups excluding carboxylic acids is 1. The second-order valence-corrected chi connectivity index (χ2v) is 4.76. The summed E-state index contributed by atoms with van der Waals surface area (Å²) >= 11 is 11.6. The van der Waals surface area contributed by atoms with Crippen molar-refractivity contribution in [2.75, 3.05) is 5.32 Å². The van der Waals surface area contributed by atoms with Crippen molar-refractivity contribution in [2.24, 2.45) is 0 Å². The Morgan fingerprint density at radius 3 is 2.84 bits per heavy atom. The van der Waals surface area contributed by atoms with Crippen LogP contribution in [0.15, 0.2) is 30.5 Å². The summed E-state index contributed by atoms with van der Waals surface area (Å²) in [5, 5.41) is 12.8. The fourth-order valence-electron chi connectivity index (χ4n) is 1.74. The number of aryl methyl sites for hydroxylation is 1. The van der Waals surface area contributed by atoms with Gasteiger partial charge in [0.2, 0.25) is 0 Å². The number of phenols is 1. The Balaban J connectivity index is 2.29. The molecule has 0 bridgehead atoms. The first kappa shape index (κ1) is 13.8. The van der Waals surface area contributed by atoms with E-state index in [1.165, 1.54) is 12.1 Å². The lowest BCUT2D eigenvalue weighted by molar-refractivity contribution is 0.101. The summed E-state index contributed by atoms with van der Waals surface area (Å²) in [6, 6.07) is 6.33. The van der Waals surface area contributed by atoms with Gasteiger partial charge < -0.3 is 15.0 Å². The lowest BCUT2D eigenvalue weighted by Crippen LogP contribution is -2.16. The first-order chi connectivity index (χ1) is 9.02. The largest absolute Gasteiger partial charge is 0.504 e. The highest BCUT2D eigenvalue weighted by Gasteiger charge is 2.14. The first-order valence-corrected chi connectivity index (χ1v) is 6.43. The molecule has 0 saturated heterocycles. The zero-order valence-electron chi connectivity index (χ0n) is 10.2. The number of nitrogens with zero attached hydrogens (tertiary/aromatic N) is 1. The third-order valence-electron chi connectivity index (χ3n) is 2.68. The van der Waals surface area contributed by atoms with Crippen LogP contribution in [0.4, 0.5) is 5.69 Å². The summed E-state index contributed by atoms with van der Waals surface area (Å²) in [6.45, 7) is 2.61. The quantitative estimate of drug-likeness (QED) is 0.848. The van der Waals surface area contributed by atoms with Crippen molar-refractivity contribution in [1.82, 2.24) is 4.57 Å². The number of hydrogen-bond donors (Lipinski definition) is 2. The Morgan fingerprint density at radius 2 is 2.16 bits per heavy atom. The van der Waals surface area contributed by atoms with Crippen LogP contribution < -0.4 is 5.32 Å². The minimum Gasteiger partial charge on any atom is -0.504 e. The van der Waals surface area contributed by atoms with Crippen molar-refractivity contribution in [2.45, 2.75) is 13.5 Å². The van der Waals surface area contributed by atoms with Crippen molar-refractivity contribution in [3.8, 4) is 5.75 Å². The molecule has 4 nitrogen and oxygen atoms in total. The number of benzene rings is 1. The van der Waals surface area contributed by atoms with Crippen LogP contribution in [0.25, 0.3) is 0 Å². The summed E-state index contributed by atoms with van der Waals surface area (Å²) in [5.74, 6) is -0.533. The number of aromatic nitrogens is 1. The third-order valence-corrected chi connectivity index (χ3v) is 3.19. The number of nitrogens with one attached hydrogen (secondary N) is 1. The van der Waals surface area contributed by atoms with Crippen LogP contribution in [0.1, 0.15) is 17.4 Å². The van der Waals surface area contributed by atoms with Gasteiger partial charge in [0.25, 0.3) is 5.91 Å². The van der Waals surface area contributed by atoms with Crippen LogP contribution in [0, 0.1) is 0 Å². The molecule has 2 N–H and O–H groups in total. The molecule has 0 radical (unpaired) electrons. The van der Waals surface area contributed by atoms with Gasteiger partial charge in [-0.15, -0.1) is 0 Å². The van der Waals surface area contributed by atoms with Crippen LogP contribution >= 0.6 is 23.2 Å². The molecule has 100 valence electrons. The molecule has 6 heteroatoms. The van der Waals surface area contributed by atoms with E-state index < -0.39 is 0 Å². The molecule has 0 saturated carbocycles. The normalized spacial score (nSPS) is 10.5. The molecule has 0 unspecified atom stereocenters. The molecule has 2 aromatic rings. The number of aromatic hydroxyl groups is 1. The zero-order valence-corrected chi connectivity index (χ0v) is 11.7. The van der Waals surface area contributed by atoms with E-state index in [0.717, 1.165) is 0 Å². The van der Waals surface area contributed by atoms with Crippen LogP contribution in [-0.2, 0) is 6.54 Å². The molecule has 0 atom stereocenters. The maximum absolute atomic E-state index is 12.1. The number of carbonyl (C=O) groups is 1. The maximum Gasteiger partial charge on any atom is 0.272 e. The predicted octanol–water partition coefficient (Wildman–Crippen LogP) is 3.77. The molecule has 1 heterocycles. The third kappa shape index (κ3) is 2.85. The molecule has 19 heavy (non-hydrogen) atoms. The fourth-order valence-corrected chi connectivity index (χ4v) is 2.24. The Hall–Kier alpha value is -1.65. The van der Waals surface area contributed by atoms with Gasteiger partial charge in [0, 0.05) is 17.8 Å². The molecule has 0 fully saturated rings. The number of halogens is 2. The summed E-state index contributed by atoms with van der Waals surface area (Å²) in [5.41, 5.74) is 0.685. The molecular formula is C13H12Cl2N2O2. The molecule has 2 rings (SSSR count). The molecular weight excluding hydrogens is 287 g/mol. The first-order valence-electron chi connectivity index (χ1n) is 5.67. The molecule has 1 aromatic carbocycles. The van der Waals surface area contributed by atoms with E-state index in [2.05, 4.69) is 5.32 Å². The molecule has 1 aromatic heterocycles. The lowest BCUT2D eigenvalue weighted by Gasteiger charge is -2.10. The predicted molar refractivity (Wildman–Crippen MR) is 76.2 cm³/mol. The van der Waals surface area contributed by atoms with E-state index in [1.807, 2.05) is 6.92 Å². The topological polar surface area (TPSA) is 54.3 Å². The second kappa shape index (κ2) is 5.55. The van der Waals surface area contributed by atoms with Crippen LogP contribution in [0.3, 0.4) is 0 Å². The van der Waals surface area contributed by atoms with Gasteiger partial charge in [-0.05, 0) is 31.2 Å². The maximum atomic E-state index is 12.1. The highest BCUT2D eigenvalue weighted by Crippen LogP contribution is 2.35. The molecule has 0 aliphatic carbocycles. The Labute approximate surface area is 120 Å². The van der Waals surface area contributed by atoms with Gasteiger partial charge in [-0.2, -0.15) is 0 Å². The van der Waals surface area contributed by atoms with Gasteiger partial charge in [0.1, 0.15) is 5.69 Å². The van der Waals surface area contributed by atoms with E-state index in [4.69, 9.17) is 23.2 Å². The SMILES string of the molecule is CCn1cccc1C(=O)Nc1cc(Cl)cc(Cl)c1O. The van der Waals surface area contributed by atoms with Crippen molar-refractivity contribution in [3.05, 3.63) is 46.2 Å². The Bertz CT molecular complexity index is 623. The van der Waals surface area contributed by atoms with Crippen molar-refractivity contribution in [1.29, 1.82) is 0 Å². The smallest absolute Gasteiger partial charge is 0.272 e. The van der Waals surface area contributed by atoms with Crippen LogP contribution in [0.2, 0.25) is 10.0 Å². The van der Waals surface area contributed by atoms with Gasteiger partial charge >= 0.3 is 0 Å². The van der Waals surface area contributed by atoms with E-state index in [9.17, 15) is 9.90 Å². The molecule has 0 spiro atoms. The summed E-state index contributed by atoms with van der Waals surface area (Å²) in [6.07, 6.45) is 1.81. The van der Waals surface area contributed by atoms with E-state index in [1.54, 1.807) is 22.9 Å². The lowest BCUT2D eigenvalue weighted by atomic mass is 10.2. The van der Waals surface area contributed by atoms with Gasteiger partial charge in [-0.25, -0.2) is 0 Å².